The molecule has 8 heteroatoms. The first-order valence-electron chi connectivity index (χ1n) is 8.46. The number of carbonyl (C=O) groups excluding carboxylic acids is 2. The van der Waals surface area contributed by atoms with Crippen LogP contribution in [0.25, 0.3) is 6.08 Å². The van der Waals surface area contributed by atoms with Crippen molar-refractivity contribution in [2.75, 3.05) is 18.9 Å². The molecule has 1 N–H and O–H groups in total. The van der Waals surface area contributed by atoms with E-state index in [9.17, 15) is 9.59 Å². The van der Waals surface area contributed by atoms with Crippen LogP contribution >= 0.6 is 23.4 Å². The molecule has 0 radical (unpaired) electrons. The van der Waals surface area contributed by atoms with E-state index in [0.717, 1.165) is 12.2 Å². The Morgan fingerprint density at radius 3 is 2.74 bits per heavy atom. The summed E-state index contributed by atoms with van der Waals surface area (Å²) in [6, 6.07) is 10.1. The van der Waals surface area contributed by atoms with E-state index in [4.69, 9.17) is 16.3 Å². The number of nitrogens with one attached hydrogen (secondary N) is 1. The Bertz CT molecular complexity index is 806. The molecule has 0 saturated carbocycles. The maximum absolute atomic E-state index is 11.7. The number of ether oxygens (including phenoxy) is 1. The number of halogens is 1. The monoisotopic (exact) mass is 407 g/mol. The number of amides is 1. The number of esters is 1. The van der Waals surface area contributed by atoms with Gasteiger partial charge in [0.15, 0.2) is 6.61 Å². The summed E-state index contributed by atoms with van der Waals surface area (Å²) in [6.07, 6.45) is 3.60. The molecule has 2 rings (SSSR count). The van der Waals surface area contributed by atoms with Gasteiger partial charge in [0.1, 0.15) is 5.15 Å². The number of carbonyl (C=O) groups is 2. The van der Waals surface area contributed by atoms with Gasteiger partial charge < -0.3 is 10.1 Å². The number of aryl methyl sites for hydroxylation is 2. The van der Waals surface area contributed by atoms with Crippen molar-refractivity contribution in [1.29, 1.82) is 0 Å². The second kappa shape index (κ2) is 10.8. The number of hydrogen-bond donors (Lipinski definition) is 1. The van der Waals surface area contributed by atoms with Crippen LogP contribution in [0.2, 0.25) is 5.15 Å². The third-order valence-corrected chi connectivity index (χ3v) is 5.13. The molecule has 0 bridgehead atoms. The molecule has 1 aromatic carbocycles. The fourth-order valence-electron chi connectivity index (χ4n) is 2.23. The van der Waals surface area contributed by atoms with E-state index in [0.29, 0.717) is 23.0 Å². The van der Waals surface area contributed by atoms with Crippen molar-refractivity contribution in [1.82, 2.24) is 15.1 Å². The van der Waals surface area contributed by atoms with E-state index < -0.39 is 5.97 Å². The van der Waals surface area contributed by atoms with E-state index in [1.807, 2.05) is 18.2 Å². The molecule has 144 valence electrons. The third kappa shape index (κ3) is 7.11. The first-order valence-corrected chi connectivity index (χ1v) is 9.82. The Morgan fingerprint density at radius 2 is 2.07 bits per heavy atom. The Morgan fingerprint density at radius 1 is 1.33 bits per heavy atom. The van der Waals surface area contributed by atoms with Crippen molar-refractivity contribution < 1.29 is 14.3 Å². The largest absolute Gasteiger partial charge is 0.452 e. The Kier molecular flexibility index (Phi) is 8.42. The first-order chi connectivity index (χ1) is 13.0. The molecule has 1 amide bonds. The van der Waals surface area contributed by atoms with Crippen LogP contribution in [0.15, 0.2) is 41.3 Å². The maximum Gasteiger partial charge on any atom is 0.331 e. The third-order valence-electron chi connectivity index (χ3n) is 3.58. The minimum Gasteiger partial charge on any atom is -0.452 e. The zero-order chi connectivity index (χ0) is 19.6. The molecule has 6 nitrogen and oxygen atoms in total. The normalized spacial score (nSPS) is 10.9. The van der Waals surface area contributed by atoms with Gasteiger partial charge in [0.2, 0.25) is 0 Å². The molecule has 0 unspecified atom stereocenters. The van der Waals surface area contributed by atoms with Crippen LogP contribution in [0, 0.1) is 6.92 Å². The fourth-order valence-corrected chi connectivity index (χ4v) is 3.34. The molecule has 0 fully saturated rings. The highest BCUT2D eigenvalue weighted by Gasteiger charge is 2.09. The minimum absolute atomic E-state index is 0.311. The average molecular weight is 408 g/mol. The highest BCUT2D eigenvalue weighted by Crippen LogP contribution is 2.20. The van der Waals surface area contributed by atoms with Crippen molar-refractivity contribution in [2.45, 2.75) is 18.2 Å². The second-order valence-electron chi connectivity index (χ2n) is 5.72. The second-order valence-corrected chi connectivity index (χ2v) is 7.25. The highest BCUT2D eigenvalue weighted by atomic mass is 35.5. The number of aromatic nitrogens is 2. The molecule has 0 atom stereocenters. The van der Waals surface area contributed by atoms with Crippen molar-refractivity contribution in [3.05, 3.63) is 52.8 Å². The lowest BCUT2D eigenvalue weighted by Gasteiger charge is -2.05. The molecule has 0 saturated heterocycles. The van der Waals surface area contributed by atoms with Gasteiger partial charge in [0.25, 0.3) is 5.91 Å². The molecule has 0 aliphatic heterocycles. The van der Waals surface area contributed by atoms with Crippen LogP contribution in [-0.4, -0.2) is 40.6 Å². The predicted octanol–water partition coefficient (Wildman–Crippen LogP) is 3.24. The van der Waals surface area contributed by atoms with Crippen LogP contribution < -0.4 is 5.32 Å². The summed E-state index contributed by atoms with van der Waals surface area (Å²) in [5, 5.41) is 7.31. The molecule has 0 spiro atoms. The van der Waals surface area contributed by atoms with Gasteiger partial charge in [0, 0.05) is 30.1 Å². The molecule has 27 heavy (non-hydrogen) atoms. The van der Waals surface area contributed by atoms with Crippen LogP contribution in [0.1, 0.15) is 17.7 Å². The smallest absolute Gasteiger partial charge is 0.331 e. The molecule has 1 heterocycles. The topological polar surface area (TPSA) is 73.2 Å². The molecular weight excluding hydrogens is 386 g/mol. The lowest BCUT2D eigenvalue weighted by molar-refractivity contribution is -0.143. The lowest BCUT2D eigenvalue weighted by Crippen LogP contribution is -2.29. The van der Waals surface area contributed by atoms with E-state index >= 15 is 0 Å². The van der Waals surface area contributed by atoms with Gasteiger partial charge in [0.05, 0.1) is 5.69 Å². The maximum atomic E-state index is 11.7. The molecule has 0 aliphatic rings. The summed E-state index contributed by atoms with van der Waals surface area (Å²) in [6.45, 7) is 2.02. The average Bonchev–Trinajstić information content (AvgIpc) is 2.90. The fraction of sp³-hybridized carbons (Fsp3) is 0.316. The predicted molar refractivity (Wildman–Crippen MR) is 108 cm³/mol. The van der Waals surface area contributed by atoms with E-state index in [-0.39, 0.29) is 12.5 Å². The van der Waals surface area contributed by atoms with Gasteiger partial charge >= 0.3 is 5.97 Å². The van der Waals surface area contributed by atoms with Gasteiger partial charge in [-0.15, -0.1) is 11.8 Å². The Hall–Kier alpha value is -2.25. The summed E-state index contributed by atoms with van der Waals surface area (Å²) < 4.78 is 6.44. The van der Waals surface area contributed by atoms with Gasteiger partial charge in [-0.05, 0) is 37.3 Å². The molecular formula is C19H22ClN3O3S. The van der Waals surface area contributed by atoms with Crippen molar-refractivity contribution >= 4 is 41.3 Å². The van der Waals surface area contributed by atoms with Gasteiger partial charge in [-0.1, -0.05) is 29.8 Å². The molecule has 2 aromatic rings. The quantitative estimate of drug-likeness (QED) is 0.299. The van der Waals surface area contributed by atoms with Crippen LogP contribution in [-0.2, 0) is 21.4 Å². The summed E-state index contributed by atoms with van der Waals surface area (Å²) >= 11 is 7.81. The standard InChI is InChI=1S/C19H22ClN3O3S/c1-14-16(19(20)23(2)22-14)9-10-18(25)26-13-17(24)21-11-6-12-27-15-7-4-3-5-8-15/h3-5,7-10H,6,11-13H2,1-2H3,(H,21,24). The van der Waals surface area contributed by atoms with Crippen LogP contribution in [0.5, 0.6) is 0 Å². The minimum atomic E-state index is -0.607. The number of thioether (sulfide) groups is 1. The summed E-state index contributed by atoms with van der Waals surface area (Å²) in [5.41, 5.74) is 1.36. The SMILES string of the molecule is Cc1nn(C)c(Cl)c1C=CC(=O)OCC(=O)NCCCSc1ccccc1. The zero-order valence-electron chi connectivity index (χ0n) is 15.3. The van der Waals surface area contributed by atoms with Crippen molar-refractivity contribution in [2.24, 2.45) is 7.05 Å². The molecule has 1 aromatic heterocycles. The van der Waals surface area contributed by atoms with E-state index in [1.165, 1.54) is 21.7 Å². The van der Waals surface area contributed by atoms with Crippen LogP contribution in [0.4, 0.5) is 0 Å². The first kappa shape index (κ1) is 21.1. The van der Waals surface area contributed by atoms with Crippen molar-refractivity contribution in [3.63, 3.8) is 0 Å². The van der Waals surface area contributed by atoms with Crippen molar-refractivity contribution in [3.8, 4) is 0 Å². The summed E-state index contributed by atoms with van der Waals surface area (Å²) in [5.74, 6) is -0.0287. The Balaban J connectivity index is 1.62. The van der Waals surface area contributed by atoms with Gasteiger partial charge in [-0.3, -0.25) is 9.48 Å². The zero-order valence-corrected chi connectivity index (χ0v) is 16.8. The summed E-state index contributed by atoms with van der Waals surface area (Å²) in [7, 11) is 1.72. The van der Waals surface area contributed by atoms with Crippen LogP contribution in [0.3, 0.4) is 0 Å². The number of hydrogen-bond acceptors (Lipinski definition) is 5. The van der Waals surface area contributed by atoms with Gasteiger partial charge in [-0.25, -0.2) is 4.79 Å². The lowest BCUT2D eigenvalue weighted by atomic mass is 10.2. The van der Waals surface area contributed by atoms with Gasteiger partial charge in [-0.2, -0.15) is 5.10 Å². The molecule has 0 aliphatic carbocycles. The number of benzene rings is 1. The number of nitrogens with zero attached hydrogens (tertiary/aromatic N) is 2. The van der Waals surface area contributed by atoms with E-state index in [1.54, 1.807) is 25.7 Å². The van der Waals surface area contributed by atoms with E-state index in [2.05, 4.69) is 22.5 Å². The highest BCUT2D eigenvalue weighted by molar-refractivity contribution is 7.99. The Labute approximate surface area is 167 Å². The number of rotatable bonds is 9. The summed E-state index contributed by atoms with van der Waals surface area (Å²) in [4.78, 5) is 24.6.